The fraction of sp³-hybridized carbons (Fsp3) is 0.0714. The lowest BCUT2D eigenvalue weighted by molar-refractivity contribution is 0.0955. The predicted molar refractivity (Wildman–Crippen MR) is 85.8 cm³/mol. The molecule has 21 heavy (non-hydrogen) atoms. The van der Waals surface area contributed by atoms with Gasteiger partial charge in [-0.3, -0.25) is 4.79 Å². The van der Waals surface area contributed by atoms with E-state index in [1.54, 1.807) is 6.07 Å². The first-order valence-electron chi connectivity index (χ1n) is 6.13. The number of carbonyl (C=O) groups excluding carboxylic acids is 1. The van der Waals surface area contributed by atoms with Gasteiger partial charge in [0.05, 0.1) is 4.88 Å². The molecule has 2 aromatic heterocycles. The summed E-state index contributed by atoms with van der Waals surface area (Å²) in [6.45, 7) is 0.375. The normalized spacial score (nSPS) is 10.5. The van der Waals surface area contributed by atoms with Crippen LogP contribution in [-0.2, 0) is 6.54 Å². The van der Waals surface area contributed by atoms with Crippen molar-refractivity contribution in [1.82, 2.24) is 14.9 Å². The summed E-state index contributed by atoms with van der Waals surface area (Å²) in [5.74, 6) is -0.187. The Morgan fingerprint density at radius 3 is 2.86 bits per heavy atom. The van der Waals surface area contributed by atoms with Gasteiger partial charge in [0, 0.05) is 11.6 Å². The monoisotopic (exact) mass is 335 g/mol. The first-order valence-corrected chi connectivity index (χ1v) is 8.16. The van der Waals surface area contributed by atoms with Gasteiger partial charge in [-0.1, -0.05) is 40.4 Å². The van der Waals surface area contributed by atoms with Gasteiger partial charge in [0.25, 0.3) is 5.91 Å². The summed E-state index contributed by atoms with van der Waals surface area (Å²) in [6.07, 6.45) is 0. The van der Waals surface area contributed by atoms with E-state index in [-0.39, 0.29) is 5.91 Å². The van der Waals surface area contributed by atoms with Crippen LogP contribution in [0.4, 0.5) is 0 Å². The molecule has 1 amide bonds. The molecule has 1 N–H and O–H groups in total. The molecule has 0 aliphatic heterocycles. The Kier molecular flexibility index (Phi) is 4.28. The van der Waals surface area contributed by atoms with Gasteiger partial charge in [-0.15, -0.1) is 16.4 Å². The average Bonchev–Trinajstić information content (AvgIpc) is 3.16. The molecule has 0 fully saturated rings. The largest absolute Gasteiger partial charge is 0.347 e. The van der Waals surface area contributed by atoms with Gasteiger partial charge in [0.2, 0.25) is 0 Å². The fourth-order valence-corrected chi connectivity index (χ4v) is 3.39. The minimum Gasteiger partial charge on any atom is -0.347 e. The summed E-state index contributed by atoms with van der Waals surface area (Å²) in [4.78, 5) is 13.7. The highest BCUT2D eigenvalue weighted by atomic mass is 35.5. The molecule has 7 heteroatoms. The summed E-state index contributed by atoms with van der Waals surface area (Å²) in [7, 11) is 0. The van der Waals surface area contributed by atoms with Crippen LogP contribution in [0.5, 0.6) is 0 Å². The van der Waals surface area contributed by atoms with Crippen molar-refractivity contribution in [3.8, 4) is 10.6 Å². The third-order valence-electron chi connectivity index (χ3n) is 2.85. The van der Waals surface area contributed by atoms with Gasteiger partial charge in [0.1, 0.15) is 10.6 Å². The minimum absolute atomic E-state index is 0.187. The summed E-state index contributed by atoms with van der Waals surface area (Å²) in [5, 5.41) is 9.48. The quantitative estimate of drug-likeness (QED) is 0.788. The highest BCUT2D eigenvalue weighted by Gasteiger charge is 2.18. The number of amides is 1. The molecule has 0 bridgehead atoms. The highest BCUT2D eigenvalue weighted by Crippen LogP contribution is 2.27. The minimum atomic E-state index is -0.187. The van der Waals surface area contributed by atoms with Crippen LogP contribution >= 0.6 is 34.5 Å². The Bertz CT molecular complexity index is 755. The molecule has 0 aliphatic rings. The molecule has 1 aromatic carbocycles. The lowest BCUT2D eigenvalue weighted by atomic mass is 10.2. The van der Waals surface area contributed by atoms with Crippen LogP contribution in [0, 0.1) is 0 Å². The number of nitrogens with zero attached hydrogens (tertiary/aromatic N) is 2. The van der Waals surface area contributed by atoms with E-state index in [1.807, 2.05) is 35.7 Å². The SMILES string of the molecule is O=C(NCc1ccccc1Cl)c1snnc1-c1cccs1. The molecular weight excluding hydrogens is 326 g/mol. The Morgan fingerprint density at radius 1 is 1.24 bits per heavy atom. The predicted octanol–water partition coefficient (Wildman–Crippen LogP) is 3.85. The molecule has 3 rings (SSSR count). The number of halogens is 1. The first kappa shape index (κ1) is 14.2. The Morgan fingerprint density at radius 2 is 2.10 bits per heavy atom. The molecule has 2 heterocycles. The smallest absolute Gasteiger partial charge is 0.265 e. The molecule has 0 aliphatic carbocycles. The van der Waals surface area contributed by atoms with E-state index in [1.165, 1.54) is 11.3 Å². The maximum Gasteiger partial charge on any atom is 0.265 e. The number of benzene rings is 1. The number of carbonyl (C=O) groups is 1. The van der Waals surface area contributed by atoms with Crippen LogP contribution in [0.3, 0.4) is 0 Å². The van der Waals surface area contributed by atoms with Gasteiger partial charge in [0.15, 0.2) is 0 Å². The maximum atomic E-state index is 12.3. The molecule has 0 radical (unpaired) electrons. The van der Waals surface area contributed by atoms with E-state index in [4.69, 9.17) is 11.6 Å². The summed E-state index contributed by atoms with van der Waals surface area (Å²) in [6, 6.07) is 11.3. The van der Waals surface area contributed by atoms with Crippen molar-refractivity contribution < 1.29 is 4.79 Å². The number of nitrogens with one attached hydrogen (secondary N) is 1. The number of thiophene rings is 1. The van der Waals surface area contributed by atoms with E-state index in [2.05, 4.69) is 14.9 Å². The van der Waals surface area contributed by atoms with Gasteiger partial charge >= 0.3 is 0 Å². The molecule has 0 unspecified atom stereocenters. The topological polar surface area (TPSA) is 54.9 Å². The Balaban J connectivity index is 1.75. The third-order valence-corrected chi connectivity index (χ3v) is 4.82. The molecular formula is C14H10ClN3OS2. The summed E-state index contributed by atoms with van der Waals surface area (Å²) >= 11 is 8.70. The number of hydrogen-bond acceptors (Lipinski definition) is 5. The molecule has 3 aromatic rings. The molecule has 0 atom stereocenters. The van der Waals surface area contributed by atoms with Gasteiger partial charge < -0.3 is 5.32 Å². The van der Waals surface area contributed by atoms with Crippen molar-refractivity contribution in [2.45, 2.75) is 6.54 Å². The van der Waals surface area contributed by atoms with E-state index in [0.717, 1.165) is 22.0 Å². The van der Waals surface area contributed by atoms with Crippen molar-refractivity contribution in [3.63, 3.8) is 0 Å². The van der Waals surface area contributed by atoms with Crippen LogP contribution in [0.2, 0.25) is 5.02 Å². The number of aromatic nitrogens is 2. The standard InChI is InChI=1S/C14H10ClN3OS2/c15-10-5-2-1-4-9(10)8-16-14(19)13-12(17-18-21-13)11-6-3-7-20-11/h1-7H,8H2,(H,16,19). The van der Waals surface area contributed by atoms with E-state index >= 15 is 0 Å². The lowest BCUT2D eigenvalue weighted by Crippen LogP contribution is -2.22. The second-order valence-corrected chi connectivity index (χ2v) is 6.31. The molecule has 0 saturated carbocycles. The average molecular weight is 336 g/mol. The maximum absolute atomic E-state index is 12.3. The van der Waals surface area contributed by atoms with Crippen molar-refractivity contribution in [3.05, 3.63) is 57.2 Å². The van der Waals surface area contributed by atoms with Crippen LogP contribution in [0.1, 0.15) is 15.2 Å². The van der Waals surface area contributed by atoms with Crippen LogP contribution < -0.4 is 5.32 Å². The van der Waals surface area contributed by atoms with E-state index < -0.39 is 0 Å². The second kappa shape index (κ2) is 6.34. The fourth-order valence-electron chi connectivity index (χ4n) is 1.81. The zero-order valence-corrected chi connectivity index (χ0v) is 13.1. The molecule has 4 nitrogen and oxygen atoms in total. The zero-order valence-electron chi connectivity index (χ0n) is 10.7. The number of rotatable bonds is 4. The Labute approximate surface area is 134 Å². The van der Waals surface area contributed by atoms with Crippen molar-refractivity contribution in [2.24, 2.45) is 0 Å². The third kappa shape index (κ3) is 3.12. The lowest BCUT2D eigenvalue weighted by Gasteiger charge is -2.06. The zero-order chi connectivity index (χ0) is 14.7. The Hall–Kier alpha value is -1.76. The first-order chi connectivity index (χ1) is 10.3. The molecule has 0 spiro atoms. The van der Waals surface area contributed by atoms with Crippen molar-refractivity contribution in [1.29, 1.82) is 0 Å². The van der Waals surface area contributed by atoms with Crippen molar-refractivity contribution >= 4 is 40.4 Å². The second-order valence-electron chi connectivity index (χ2n) is 4.20. The summed E-state index contributed by atoms with van der Waals surface area (Å²) < 4.78 is 3.88. The van der Waals surface area contributed by atoms with Gasteiger partial charge in [-0.05, 0) is 34.6 Å². The van der Waals surface area contributed by atoms with E-state index in [0.29, 0.717) is 22.1 Å². The van der Waals surface area contributed by atoms with Crippen LogP contribution in [0.25, 0.3) is 10.6 Å². The summed E-state index contributed by atoms with van der Waals surface area (Å²) in [5.41, 5.74) is 1.51. The van der Waals surface area contributed by atoms with Crippen molar-refractivity contribution in [2.75, 3.05) is 0 Å². The van der Waals surface area contributed by atoms with E-state index in [9.17, 15) is 4.79 Å². The van der Waals surface area contributed by atoms with Crippen LogP contribution in [-0.4, -0.2) is 15.5 Å². The van der Waals surface area contributed by atoms with Gasteiger partial charge in [-0.25, -0.2) is 0 Å². The molecule has 106 valence electrons. The number of hydrogen-bond donors (Lipinski definition) is 1. The highest BCUT2D eigenvalue weighted by molar-refractivity contribution is 7.14. The molecule has 0 saturated heterocycles. The van der Waals surface area contributed by atoms with Crippen LogP contribution in [0.15, 0.2) is 41.8 Å². The van der Waals surface area contributed by atoms with Gasteiger partial charge in [-0.2, -0.15) is 0 Å².